The highest BCUT2D eigenvalue weighted by Crippen LogP contribution is 2.66. The highest BCUT2D eigenvalue weighted by molar-refractivity contribution is 5.92. The van der Waals surface area contributed by atoms with Gasteiger partial charge in [0.05, 0.1) is 29.7 Å². The van der Waals surface area contributed by atoms with Crippen molar-refractivity contribution in [3.8, 4) is 11.5 Å². The van der Waals surface area contributed by atoms with E-state index in [2.05, 4.69) is 24.5 Å². The molecule has 1 amide bonds. The highest BCUT2D eigenvalue weighted by atomic mass is 19.4. The van der Waals surface area contributed by atoms with Crippen LogP contribution in [0.15, 0.2) is 55.1 Å². The second-order valence-corrected chi connectivity index (χ2v) is 12.6. The smallest absolute Gasteiger partial charge is 0.416 e. The van der Waals surface area contributed by atoms with Crippen LogP contribution in [0, 0.1) is 0 Å². The molecule has 0 aromatic heterocycles. The van der Waals surface area contributed by atoms with Gasteiger partial charge in [-0.2, -0.15) is 13.2 Å². The Kier molecular flexibility index (Phi) is 8.07. The first-order valence-electron chi connectivity index (χ1n) is 15.7. The largest absolute Gasteiger partial charge is 0.493 e. The minimum Gasteiger partial charge on any atom is -0.493 e. The van der Waals surface area contributed by atoms with E-state index < -0.39 is 28.9 Å². The number of halogens is 3. The van der Waals surface area contributed by atoms with Crippen LogP contribution in [-0.2, 0) is 22.8 Å². The second-order valence-electron chi connectivity index (χ2n) is 12.6. The monoisotopic (exact) mass is 610 g/mol. The van der Waals surface area contributed by atoms with Crippen LogP contribution in [-0.4, -0.2) is 71.3 Å². The van der Waals surface area contributed by atoms with Gasteiger partial charge in [0, 0.05) is 30.8 Å². The number of hydrogen-bond acceptors (Lipinski definition) is 5. The SMILES string of the molecule is C=CCN1CC[C@]23c4c5ccc(OC)c4O[C@H]2[C@@H](N(CCCCC)C(=O)C=Cc2cccc(C(F)(F)F)c2)CC[C@@]3(O)[C@H]1C5. The summed E-state index contributed by atoms with van der Waals surface area (Å²) < 4.78 is 52.6. The van der Waals surface area contributed by atoms with Crippen LogP contribution in [0.4, 0.5) is 13.2 Å². The van der Waals surface area contributed by atoms with E-state index in [0.29, 0.717) is 55.8 Å². The van der Waals surface area contributed by atoms with Crippen molar-refractivity contribution < 1.29 is 32.5 Å². The predicted molar refractivity (Wildman–Crippen MR) is 163 cm³/mol. The molecule has 1 N–H and O–H groups in total. The van der Waals surface area contributed by atoms with Gasteiger partial charge < -0.3 is 19.5 Å². The standard InChI is InChI=1S/C35H41F3N2O4/c1-4-6-7-19-40(29(41)14-11-23-9-8-10-25(21-23)35(36,37)38)26-15-16-34(42)28-22-24-12-13-27(43-3)31-30(24)33(34,32(26)44-31)17-20-39(28)18-5-2/h5,8-14,21,26,28,32,42H,2,4,6-7,15-20,22H2,1,3H3/t26-,28+,32-,33-,34+/m0/s1. The first-order valence-corrected chi connectivity index (χ1v) is 15.7. The number of piperidine rings is 1. The molecular formula is C35H41F3N2O4. The lowest BCUT2D eigenvalue weighted by molar-refractivity contribution is -0.199. The number of benzene rings is 2. The van der Waals surface area contributed by atoms with Gasteiger partial charge in [-0.15, -0.1) is 6.58 Å². The molecular weight excluding hydrogens is 569 g/mol. The molecule has 0 unspecified atom stereocenters. The summed E-state index contributed by atoms with van der Waals surface area (Å²) in [6.45, 7) is 7.99. The Bertz CT molecular complexity index is 1460. The molecule has 0 radical (unpaired) electrons. The number of alkyl halides is 3. The predicted octanol–water partition coefficient (Wildman–Crippen LogP) is 6.15. The van der Waals surface area contributed by atoms with Crippen LogP contribution in [0.3, 0.4) is 0 Å². The summed E-state index contributed by atoms with van der Waals surface area (Å²) in [5.41, 5.74) is -0.0730. The number of likely N-dealkylation sites (tertiary alicyclic amines) is 1. The van der Waals surface area contributed by atoms with Crippen molar-refractivity contribution in [2.24, 2.45) is 0 Å². The van der Waals surface area contributed by atoms with E-state index in [4.69, 9.17) is 9.47 Å². The van der Waals surface area contributed by atoms with Crippen molar-refractivity contribution in [2.45, 2.75) is 87.2 Å². The van der Waals surface area contributed by atoms with E-state index >= 15 is 0 Å². The summed E-state index contributed by atoms with van der Waals surface area (Å²) in [5, 5.41) is 12.8. The summed E-state index contributed by atoms with van der Waals surface area (Å²) in [7, 11) is 1.61. The number of rotatable bonds is 10. The third-order valence-electron chi connectivity index (χ3n) is 10.4. The third kappa shape index (κ3) is 4.74. The van der Waals surface area contributed by atoms with Gasteiger partial charge in [0.2, 0.25) is 5.91 Å². The molecule has 9 heteroatoms. The molecule has 6 nitrogen and oxygen atoms in total. The second kappa shape index (κ2) is 11.6. The lowest BCUT2D eigenvalue weighted by Gasteiger charge is -2.64. The van der Waals surface area contributed by atoms with Crippen LogP contribution in [0.2, 0.25) is 0 Å². The Hall–Kier alpha value is -3.30. The van der Waals surface area contributed by atoms with Crippen LogP contribution in [0.1, 0.15) is 67.7 Å². The Labute approximate surface area is 257 Å². The molecule has 2 aromatic rings. The highest BCUT2D eigenvalue weighted by Gasteiger charge is 2.73. The molecule has 2 fully saturated rings. The number of methoxy groups -OCH3 is 1. The van der Waals surface area contributed by atoms with Gasteiger partial charge in [-0.3, -0.25) is 9.69 Å². The molecule has 2 aliphatic carbocycles. The van der Waals surface area contributed by atoms with Crippen molar-refractivity contribution in [1.82, 2.24) is 9.80 Å². The Morgan fingerprint density at radius 2 is 2.07 bits per heavy atom. The van der Waals surface area contributed by atoms with Crippen LogP contribution in [0.5, 0.6) is 11.5 Å². The lowest BCUT2D eigenvalue weighted by Crippen LogP contribution is -2.78. The van der Waals surface area contributed by atoms with Gasteiger partial charge in [0.15, 0.2) is 11.5 Å². The lowest BCUT2D eigenvalue weighted by atomic mass is 9.48. The molecule has 4 aliphatic rings. The number of amides is 1. The Balaban J connectivity index is 1.39. The van der Waals surface area contributed by atoms with E-state index in [1.165, 1.54) is 18.2 Å². The molecule has 2 aliphatic heterocycles. The third-order valence-corrected chi connectivity index (χ3v) is 10.4. The van der Waals surface area contributed by atoms with Gasteiger partial charge in [-0.05, 0) is 74.1 Å². The summed E-state index contributed by atoms with van der Waals surface area (Å²) >= 11 is 0. The number of ether oxygens (including phenoxy) is 2. The van der Waals surface area contributed by atoms with Crippen molar-refractivity contribution >= 4 is 12.0 Å². The average Bonchev–Trinajstić information content (AvgIpc) is 3.35. The number of hydrogen-bond donors (Lipinski definition) is 1. The van der Waals surface area contributed by atoms with Crippen molar-refractivity contribution in [3.63, 3.8) is 0 Å². The molecule has 2 bridgehead atoms. The van der Waals surface area contributed by atoms with Gasteiger partial charge >= 0.3 is 6.18 Å². The summed E-state index contributed by atoms with van der Waals surface area (Å²) in [5.74, 6) is 1.01. The van der Waals surface area contributed by atoms with E-state index in [1.807, 2.05) is 17.0 Å². The number of nitrogens with zero attached hydrogens (tertiary/aromatic N) is 2. The normalized spacial score (nSPS) is 28.8. The van der Waals surface area contributed by atoms with Gasteiger partial charge in [0.25, 0.3) is 0 Å². The first-order chi connectivity index (χ1) is 21.1. The molecule has 236 valence electrons. The van der Waals surface area contributed by atoms with E-state index in [-0.39, 0.29) is 18.0 Å². The minimum atomic E-state index is -4.47. The molecule has 1 saturated heterocycles. The fourth-order valence-electron chi connectivity index (χ4n) is 8.51. The Morgan fingerprint density at radius 1 is 1.25 bits per heavy atom. The van der Waals surface area contributed by atoms with Gasteiger partial charge in [-0.25, -0.2) is 0 Å². The van der Waals surface area contributed by atoms with Crippen molar-refractivity contribution in [1.29, 1.82) is 0 Å². The maximum absolute atomic E-state index is 14.0. The molecule has 1 spiro atoms. The summed E-state index contributed by atoms with van der Waals surface area (Å²) in [4.78, 5) is 18.1. The van der Waals surface area contributed by atoms with E-state index in [0.717, 1.165) is 49.1 Å². The summed E-state index contributed by atoms with van der Waals surface area (Å²) in [6.07, 6.45) is 4.86. The number of carbonyl (C=O) groups is 1. The molecule has 2 heterocycles. The minimum absolute atomic E-state index is 0.113. The van der Waals surface area contributed by atoms with Gasteiger partial charge in [-0.1, -0.05) is 44.0 Å². The molecule has 6 rings (SSSR count). The van der Waals surface area contributed by atoms with Crippen molar-refractivity contribution in [3.05, 3.63) is 77.4 Å². The Morgan fingerprint density at radius 3 is 2.80 bits per heavy atom. The molecule has 44 heavy (non-hydrogen) atoms. The maximum Gasteiger partial charge on any atom is 0.416 e. The molecule has 5 atom stereocenters. The fourth-order valence-corrected chi connectivity index (χ4v) is 8.51. The fraction of sp³-hybridized carbons (Fsp3) is 0.514. The molecule has 1 saturated carbocycles. The summed E-state index contributed by atoms with van der Waals surface area (Å²) in [6, 6.07) is 8.54. The first kappa shape index (κ1) is 30.7. The zero-order valence-electron chi connectivity index (χ0n) is 25.4. The maximum atomic E-state index is 14.0. The topological polar surface area (TPSA) is 62.2 Å². The molecule has 2 aromatic carbocycles. The average molecular weight is 611 g/mol. The zero-order valence-corrected chi connectivity index (χ0v) is 25.4. The quantitative estimate of drug-likeness (QED) is 0.199. The van der Waals surface area contributed by atoms with Gasteiger partial charge in [0.1, 0.15) is 6.10 Å². The number of unbranched alkanes of at least 4 members (excludes halogenated alkanes) is 2. The van der Waals surface area contributed by atoms with Crippen LogP contribution in [0.25, 0.3) is 6.08 Å². The van der Waals surface area contributed by atoms with E-state index in [9.17, 15) is 23.1 Å². The van der Waals surface area contributed by atoms with E-state index in [1.54, 1.807) is 13.2 Å². The zero-order chi connectivity index (χ0) is 31.3. The van der Waals surface area contributed by atoms with Crippen LogP contribution >= 0.6 is 0 Å². The van der Waals surface area contributed by atoms with Crippen molar-refractivity contribution in [2.75, 3.05) is 26.7 Å². The van der Waals surface area contributed by atoms with Crippen LogP contribution < -0.4 is 9.47 Å². The number of aliphatic hydroxyl groups is 1. The number of carbonyl (C=O) groups excluding carboxylic acids is 1.